The number of hydrogen-bond acceptors (Lipinski definition) is 5. The highest BCUT2D eigenvalue weighted by atomic mass is 16.3. The number of anilines is 1. The Labute approximate surface area is 148 Å². The standard InChI is InChI=1S/C20H26N4O/c1-12(2)10-16(15-8-6-5-7-9-15)22-11-17-23-19(21)18-13(3)14(4)25-20(18)24-17/h5-9,12,16,22H,10-11H2,1-4H3,(H2,21,23,24). The fraction of sp³-hybridized carbons (Fsp3) is 0.400. The molecule has 5 nitrogen and oxygen atoms in total. The van der Waals surface area contributed by atoms with E-state index in [0.29, 0.717) is 29.8 Å². The zero-order valence-corrected chi connectivity index (χ0v) is 15.3. The average molecular weight is 338 g/mol. The van der Waals surface area contributed by atoms with Crippen LogP contribution in [0.15, 0.2) is 34.7 Å². The van der Waals surface area contributed by atoms with Crippen molar-refractivity contribution in [2.24, 2.45) is 5.92 Å². The number of nitrogens with one attached hydrogen (secondary N) is 1. The highest BCUT2D eigenvalue weighted by Gasteiger charge is 2.16. The molecule has 132 valence electrons. The molecule has 2 aromatic heterocycles. The normalized spacial score (nSPS) is 12.8. The van der Waals surface area contributed by atoms with Gasteiger partial charge in [0.15, 0.2) is 0 Å². The van der Waals surface area contributed by atoms with Crippen molar-refractivity contribution in [3.8, 4) is 0 Å². The van der Waals surface area contributed by atoms with E-state index in [1.54, 1.807) is 0 Å². The minimum atomic E-state index is 0.252. The van der Waals surface area contributed by atoms with Crippen LogP contribution in [0.5, 0.6) is 0 Å². The smallest absolute Gasteiger partial charge is 0.231 e. The van der Waals surface area contributed by atoms with Crippen LogP contribution < -0.4 is 11.1 Å². The molecular weight excluding hydrogens is 312 g/mol. The lowest BCUT2D eigenvalue weighted by Gasteiger charge is -2.21. The number of furan rings is 1. The number of rotatable bonds is 6. The summed E-state index contributed by atoms with van der Waals surface area (Å²) in [6, 6.07) is 10.7. The largest absolute Gasteiger partial charge is 0.443 e. The van der Waals surface area contributed by atoms with E-state index in [0.717, 1.165) is 23.1 Å². The van der Waals surface area contributed by atoms with Crippen LogP contribution in [0.2, 0.25) is 0 Å². The van der Waals surface area contributed by atoms with E-state index in [-0.39, 0.29) is 6.04 Å². The molecule has 0 spiro atoms. The maximum atomic E-state index is 6.13. The number of aromatic nitrogens is 2. The summed E-state index contributed by atoms with van der Waals surface area (Å²) in [6.45, 7) is 8.90. The zero-order valence-electron chi connectivity index (χ0n) is 15.3. The van der Waals surface area contributed by atoms with E-state index in [2.05, 4.69) is 53.4 Å². The van der Waals surface area contributed by atoms with Crippen LogP contribution in [0.1, 0.15) is 49.0 Å². The van der Waals surface area contributed by atoms with Gasteiger partial charge in [-0.25, -0.2) is 4.98 Å². The van der Waals surface area contributed by atoms with Gasteiger partial charge in [-0.3, -0.25) is 0 Å². The zero-order chi connectivity index (χ0) is 18.0. The minimum Gasteiger partial charge on any atom is -0.443 e. The van der Waals surface area contributed by atoms with Crippen molar-refractivity contribution in [3.05, 3.63) is 53.0 Å². The first-order chi connectivity index (χ1) is 12.0. The third-order valence-electron chi connectivity index (χ3n) is 4.52. The molecule has 1 atom stereocenters. The van der Waals surface area contributed by atoms with Crippen molar-refractivity contribution >= 4 is 16.9 Å². The molecule has 0 fully saturated rings. The van der Waals surface area contributed by atoms with Crippen molar-refractivity contribution in [2.45, 2.75) is 46.7 Å². The molecule has 0 bridgehead atoms. The maximum absolute atomic E-state index is 6.13. The first-order valence-electron chi connectivity index (χ1n) is 8.76. The molecule has 3 rings (SSSR count). The summed E-state index contributed by atoms with van der Waals surface area (Å²) in [4.78, 5) is 9.01. The van der Waals surface area contributed by atoms with Gasteiger partial charge in [0, 0.05) is 11.6 Å². The third kappa shape index (κ3) is 3.82. The van der Waals surface area contributed by atoms with E-state index >= 15 is 0 Å². The SMILES string of the molecule is Cc1oc2nc(CNC(CC(C)C)c3ccccc3)nc(N)c2c1C. The highest BCUT2D eigenvalue weighted by Crippen LogP contribution is 2.27. The second-order valence-corrected chi connectivity index (χ2v) is 6.96. The molecular formula is C20H26N4O. The first kappa shape index (κ1) is 17.4. The van der Waals surface area contributed by atoms with E-state index in [1.165, 1.54) is 5.56 Å². The summed E-state index contributed by atoms with van der Waals surface area (Å²) in [6.07, 6.45) is 1.04. The Kier molecular flexibility index (Phi) is 5.04. The number of fused-ring (bicyclic) bond motifs is 1. The molecule has 5 heteroatoms. The van der Waals surface area contributed by atoms with Crippen LogP contribution in [-0.4, -0.2) is 9.97 Å². The van der Waals surface area contributed by atoms with Gasteiger partial charge in [-0.15, -0.1) is 0 Å². The second-order valence-electron chi connectivity index (χ2n) is 6.96. The molecule has 2 heterocycles. The van der Waals surface area contributed by atoms with Gasteiger partial charge in [-0.1, -0.05) is 44.2 Å². The van der Waals surface area contributed by atoms with Crippen molar-refractivity contribution in [2.75, 3.05) is 5.73 Å². The lowest BCUT2D eigenvalue weighted by Crippen LogP contribution is -2.23. The molecule has 0 aliphatic carbocycles. The van der Waals surface area contributed by atoms with Gasteiger partial charge in [-0.2, -0.15) is 4.98 Å². The Bertz CT molecular complexity index is 855. The summed E-state index contributed by atoms with van der Waals surface area (Å²) in [7, 11) is 0. The van der Waals surface area contributed by atoms with Crippen LogP contribution in [0.25, 0.3) is 11.1 Å². The third-order valence-corrected chi connectivity index (χ3v) is 4.52. The van der Waals surface area contributed by atoms with Crippen LogP contribution in [0.4, 0.5) is 5.82 Å². The topological polar surface area (TPSA) is 77.0 Å². The average Bonchev–Trinajstić information content (AvgIpc) is 2.86. The molecule has 0 aliphatic heterocycles. The Morgan fingerprint density at radius 1 is 1.12 bits per heavy atom. The van der Waals surface area contributed by atoms with Crippen molar-refractivity contribution in [1.29, 1.82) is 0 Å². The first-order valence-corrected chi connectivity index (χ1v) is 8.76. The molecule has 0 amide bonds. The number of nitrogens with two attached hydrogens (primary N) is 1. The fourth-order valence-corrected chi connectivity index (χ4v) is 3.11. The van der Waals surface area contributed by atoms with Crippen LogP contribution >= 0.6 is 0 Å². The van der Waals surface area contributed by atoms with Gasteiger partial charge >= 0.3 is 0 Å². The van der Waals surface area contributed by atoms with Crippen molar-refractivity contribution in [1.82, 2.24) is 15.3 Å². The Balaban J connectivity index is 1.82. The van der Waals surface area contributed by atoms with Crippen LogP contribution in [0, 0.1) is 19.8 Å². The Morgan fingerprint density at radius 2 is 1.84 bits per heavy atom. The number of benzene rings is 1. The van der Waals surface area contributed by atoms with Gasteiger partial charge in [0.25, 0.3) is 0 Å². The van der Waals surface area contributed by atoms with Crippen LogP contribution in [-0.2, 0) is 6.54 Å². The maximum Gasteiger partial charge on any atom is 0.231 e. The highest BCUT2D eigenvalue weighted by molar-refractivity contribution is 5.88. The van der Waals surface area contributed by atoms with E-state index in [4.69, 9.17) is 10.2 Å². The molecule has 1 unspecified atom stereocenters. The monoisotopic (exact) mass is 338 g/mol. The van der Waals surface area contributed by atoms with Crippen molar-refractivity contribution in [3.63, 3.8) is 0 Å². The lowest BCUT2D eigenvalue weighted by atomic mass is 9.97. The van der Waals surface area contributed by atoms with Gasteiger partial charge in [0.1, 0.15) is 17.4 Å². The minimum absolute atomic E-state index is 0.252. The lowest BCUT2D eigenvalue weighted by molar-refractivity contribution is 0.424. The van der Waals surface area contributed by atoms with E-state index in [1.807, 2.05) is 19.9 Å². The summed E-state index contributed by atoms with van der Waals surface area (Å²) < 4.78 is 5.72. The number of nitrogens with zero attached hydrogens (tertiary/aromatic N) is 2. The summed E-state index contributed by atoms with van der Waals surface area (Å²) in [5.41, 5.74) is 8.98. The molecule has 0 saturated heterocycles. The Hall–Kier alpha value is -2.40. The molecule has 3 N–H and O–H groups in total. The summed E-state index contributed by atoms with van der Waals surface area (Å²) in [5.74, 6) is 2.56. The summed E-state index contributed by atoms with van der Waals surface area (Å²) >= 11 is 0. The quantitative estimate of drug-likeness (QED) is 0.701. The molecule has 3 aromatic rings. The molecule has 0 saturated carbocycles. The predicted molar refractivity (Wildman–Crippen MR) is 101 cm³/mol. The van der Waals surface area contributed by atoms with Gasteiger partial charge in [0.05, 0.1) is 11.9 Å². The number of hydrogen-bond donors (Lipinski definition) is 2. The second kappa shape index (κ2) is 7.23. The number of aryl methyl sites for hydroxylation is 2. The molecule has 0 aliphatic rings. The number of nitrogen functional groups attached to an aromatic ring is 1. The van der Waals surface area contributed by atoms with Crippen LogP contribution in [0.3, 0.4) is 0 Å². The summed E-state index contributed by atoms with van der Waals surface area (Å²) in [5, 5.41) is 4.40. The molecule has 0 radical (unpaired) electrons. The van der Waals surface area contributed by atoms with Gasteiger partial charge in [-0.05, 0) is 31.7 Å². The predicted octanol–water partition coefficient (Wildman–Crippen LogP) is 4.30. The van der Waals surface area contributed by atoms with Gasteiger partial charge in [0.2, 0.25) is 5.71 Å². The van der Waals surface area contributed by atoms with E-state index in [9.17, 15) is 0 Å². The molecule has 1 aromatic carbocycles. The Morgan fingerprint density at radius 3 is 2.52 bits per heavy atom. The van der Waals surface area contributed by atoms with E-state index < -0.39 is 0 Å². The van der Waals surface area contributed by atoms with Gasteiger partial charge < -0.3 is 15.5 Å². The van der Waals surface area contributed by atoms with Crippen molar-refractivity contribution < 1.29 is 4.42 Å². The molecule has 25 heavy (non-hydrogen) atoms. The fourth-order valence-electron chi connectivity index (χ4n) is 3.11.